The first-order chi connectivity index (χ1) is 15.4. The van der Waals surface area contributed by atoms with Crippen LogP contribution in [0, 0.1) is 5.92 Å². The van der Waals surface area contributed by atoms with Gasteiger partial charge in [0.15, 0.2) is 11.5 Å². The summed E-state index contributed by atoms with van der Waals surface area (Å²) in [6.07, 6.45) is 0.535. The Morgan fingerprint density at radius 2 is 1.47 bits per heavy atom. The fourth-order valence-corrected chi connectivity index (χ4v) is 3.70. The minimum Gasteiger partial charge on any atom is -0.493 e. The number of carbonyl (C=O) groups excluding carboxylic acids is 2. The Morgan fingerprint density at radius 3 is 2.00 bits per heavy atom. The van der Waals surface area contributed by atoms with Crippen molar-refractivity contribution < 1.29 is 23.8 Å². The Bertz CT molecular complexity index is 896. The van der Waals surface area contributed by atoms with E-state index in [0.717, 1.165) is 5.56 Å². The molecule has 0 atom stereocenters. The van der Waals surface area contributed by atoms with E-state index >= 15 is 0 Å². The van der Waals surface area contributed by atoms with Crippen molar-refractivity contribution in [1.82, 2.24) is 9.80 Å². The van der Waals surface area contributed by atoms with Crippen LogP contribution < -0.4 is 14.2 Å². The van der Waals surface area contributed by atoms with Crippen molar-refractivity contribution in [3.05, 3.63) is 53.6 Å². The lowest BCUT2D eigenvalue weighted by Crippen LogP contribution is -2.50. The number of nitrogens with zero attached hydrogens (tertiary/aromatic N) is 2. The molecule has 1 aliphatic rings. The number of hydrogen-bond donors (Lipinski definition) is 0. The van der Waals surface area contributed by atoms with Crippen molar-refractivity contribution >= 4 is 11.8 Å². The van der Waals surface area contributed by atoms with Crippen molar-refractivity contribution in [3.63, 3.8) is 0 Å². The maximum absolute atomic E-state index is 13.2. The van der Waals surface area contributed by atoms with Crippen LogP contribution in [0.1, 0.15) is 36.2 Å². The fourth-order valence-electron chi connectivity index (χ4n) is 3.70. The van der Waals surface area contributed by atoms with Crippen LogP contribution in [0.5, 0.6) is 17.2 Å². The van der Waals surface area contributed by atoms with Gasteiger partial charge in [0.2, 0.25) is 11.7 Å². The second-order valence-electron chi connectivity index (χ2n) is 8.26. The molecule has 0 unspecified atom stereocenters. The van der Waals surface area contributed by atoms with Crippen molar-refractivity contribution in [2.75, 3.05) is 40.4 Å². The molecule has 1 aliphatic heterocycles. The molecule has 0 bridgehead atoms. The molecule has 0 radical (unpaired) electrons. The molecule has 7 nitrogen and oxygen atoms in total. The van der Waals surface area contributed by atoms with Gasteiger partial charge in [-0.2, -0.15) is 0 Å². The second-order valence-corrected chi connectivity index (χ2v) is 8.26. The molecule has 2 aromatic carbocycles. The highest BCUT2D eigenvalue weighted by atomic mass is 16.5. The number of ether oxygens (including phenoxy) is 3. The average molecular weight is 441 g/mol. The first-order valence-electron chi connectivity index (χ1n) is 10.9. The van der Waals surface area contributed by atoms with Gasteiger partial charge < -0.3 is 24.0 Å². The Hall–Kier alpha value is -3.22. The summed E-state index contributed by atoms with van der Waals surface area (Å²) in [6, 6.07) is 13.2. The Morgan fingerprint density at radius 1 is 0.906 bits per heavy atom. The molecular formula is C25H32N2O5. The van der Waals surface area contributed by atoms with Gasteiger partial charge in [-0.1, -0.05) is 44.2 Å². The van der Waals surface area contributed by atoms with Crippen LogP contribution in [0.3, 0.4) is 0 Å². The Labute approximate surface area is 189 Å². The average Bonchev–Trinajstić information content (AvgIpc) is 2.82. The second kappa shape index (κ2) is 10.9. The summed E-state index contributed by atoms with van der Waals surface area (Å²) in [4.78, 5) is 29.1. The first-order valence-corrected chi connectivity index (χ1v) is 10.9. The van der Waals surface area contributed by atoms with Crippen LogP contribution in [0.2, 0.25) is 0 Å². The molecule has 2 aromatic rings. The van der Waals surface area contributed by atoms with E-state index < -0.39 is 0 Å². The predicted octanol–water partition coefficient (Wildman–Crippen LogP) is 3.61. The minimum absolute atomic E-state index is 0.118. The molecule has 1 saturated heterocycles. The zero-order chi connectivity index (χ0) is 23.1. The third kappa shape index (κ3) is 5.72. The summed E-state index contributed by atoms with van der Waals surface area (Å²) < 4.78 is 17.0. The number of piperazine rings is 1. The molecule has 172 valence electrons. The maximum Gasteiger partial charge on any atom is 0.254 e. The first kappa shape index (κ1) is 23.4. The van der Waals surface area contributed by atoms with Gasteiger partial charge in [-0.15, -0.1) is 0 Å². The fraction of sp³-hybridized carbons (Fsp3) is 0.440. The largest absolute Gasteiger partial charge is 0.493 e. The van der Waals surface area contributed by atoms with Crippen LogP contribution in [-0.4, -0.2) is 62.0 Å². The van der Waals surface area contributed by atoms with E-state index in [9.17, 15) is 9.59 Å². The van der Waals surface area contributed by atoms with Crippen molar-refractivity contribution in [2.24, 2.45) is 5.92 Å². The Kier molecular flexibility index (Phi) is 7.98. The molecule has 0 spiro atoms. The Balaban J connectivity index is 1.71. The van der Waals surface area contributed by atoms with Crippen molar-refractivity contribution in [3.8, 4) is 17.2 Å². The van der Waals surface area contributed by atoms with Crippen molar-refractivity contribution in [1.29, 1.82) is 0 Å². The quantitative estimate of drug-likeness (QED) is 0.627. The van der Waals surface area contributed by atoms with Gasteiger partial charge in [0.1, 0.15) is 6.61 Å². The van der Waals surface area contributed by atoms with Crippen LogP contribution in [0.25, 0.3) is 0 Å². The number of amides is 2. The summed E-state index contributed by atoms with van der Waals surface area (Å²) in [6.45, 7) is 6.51. The number of carbonyl (C=O) groups is 2. The highest BCUT2D eigenvalue weighted by Gasteiger charge is 2.27. The molecule has 7 heteroatoms. The van der Waals surface area contributed by atoms with E-state index in [4.69, 9.17) is 14.2 Å². The molecule has 32 heavy (non-hydrogen) atoms. The summed E-state index contributed by atoms with van der Waals surface area (Å²) in [5.41, 5.74) is 1.48. The van der Waals surface area contributed by atoms with Crippen LogP contribution in [0.15, 0.2) is 42.5 Å². The maximum atomic E-state index is 13.2. The van der Waals surface area contributed by atoms with Gasteiger partial charge in [0.25, 0.3) is 5.91 Å². The topological polar surface area (TPSA) is 68.3 Å². The third-order valence-electron chi connectivity index (χ3n) is 5.44. The summed E-state index contributed by atoms with van der Waals surface area (Å²) in [5, 5.41) is 0. The molecule has 1 heterocycles. The third-order valence-corrected chi connectivity index (χ3v) is 5.44. The van der Waals surface area contributed by atoms with E-state index in [2.05, 4.69) is 0 Å². The normalized spacial score (nSPS) is 13.8. The van der Waals surface area contributed by atoms with Gasteiger partial charge in [0.05, 0.1) is 14.2 Å². The number of rotatable bonds is 8. The number of benzene rings is 2. The van der Waals surface area contributed by atoms with Crippen LogP contribution in [-0.2, 0) is 11.4 Å². The van der Waals surface area contributed by atoms with Gasteiger partial charge in [-0.25, -0.2) is 0 Å². The van der Waals surface area contributed by atoms with E-state index in [0.29, 0.717) is 67.9 Å². The molecule has 0 aliphatic carbocycles. The lowest BCUT2D eigenvalue weighted by Gasteiger charge is -2.35. The number of methoxy groups -OCH3 is 2. The molecule has 0 saturated carbocycles. The lowest BCUT2D eigenvalue weighted by molar-refractivity contribution is -0.133. The molecule has 0 aromatic heterocycles. The zero-order valence-corrected chi connectivity index (χ0v) is 19.3. The van der Waals surface area contributed by atoms with Gasteiger partial charge in [0, 0.05) is 38.2 Å². The van der Waals surface area contributed by atoms with Crippen LogP contribution in [0.4, 0.5) is 0 Å². The summed E-state index contributed by atoms with van der Waals surface area (Å²) in [7, 11) is 3.08. The van der Waals surface area contributed by atoms with E-state index in [1.54, 1.807) is 17.0 Å². The SMILES string of the molecule is COc1cc(C(=O)N2CCN(C(=O)CC(C)C)CC2)cc(OC)c1OCc1ccccc1. The van der Waals surface area contributed by atoms with E-state index in [1.807, 2.05) is 49.1 Å². The predicted molar refractivity (Wildman–Crippen MR) is 122 cm³/mol. The van der Waals surface area contributed by atoms with Gasteiger partial charge in [-0.3, -0.25) is 9.59 Å². The molecule has 3 rings (SSSR count). The molecule has 1 fully saturated rings. The zero-order valence-electron chi connectivity index (χ0n) is 19.3. The van der Waals surface area contributed by atoms with E-state index in [1.165, 1.54) is 14.2 Å². The van der Waals surface area contributed by atoms with E-state index in [-0.39, 0.29) is 11.8 Å². The van der Waals surface area contributed by atoms with Crippen LogP contribution >= 0.6 is 0 Å². The summed E-state index contributed by atoms with van der Waals surface area (Å²) >= 11 is 0. The highest BCUT2D eigenvalue weighted by Crippen LogP contribution is 2.39. The summed E-state index contributed by atoms with van der Waals surface area (Å²) in [5.74, 6) is 1.69. The standard InChI is InChI=1S/C25H32N2O5/c1-18(2)14-23(28)26-10-12-27(13-11-26)25(29)20-15-21(30-3)24(22(16-20)31-4)32-17-19-8-6-5-7-9-19/h5-9,15-16,18H,10-14,17H2,1-4H3. The molecular weight excluding hydrogens is 408 g/mol. The van der Waals surface area contributed by atoms with Gasteiger partial charge >= 0.3 is 0 Å². The molecule has 2 amide bonds. The molecule has 0 N–H and O–H groups in total. The smallest absolute Gasteiger partial charge is 0.254 e. The number of hydrogen-bond acceptors (Lipinski definition) is 5. The monoisotopic (exact) mass is 440 g/mol. The lowest BCUT2D eigenvalue weighted by atomic mass is 10.1. The minimum atomic E-state index is -0.118. The highest BCUT2D eigenvalue weighted by molar-refractivity contribution is 5.96. The van der Waals surface area contributed by atoms with Gasteiger partial charge in [-0.05, 0) is 23.6 Å². The van der Waals surface area contributed by atoms with Crippen molar-refractivity contribution in [2.45, 2.75) is 26.9 Å².